The van der Waals surface area contributed by atoms with Crippen molar-refractivity contribution in [1.29, 1.82) is 0 Å². The number of hydrogen-bond acceptors (Lipinski definition) is 4. The van der Waals surface area contributed by atoms with E-state index in [1.165, 1.54) is 0 Å². The van der Waals surface area contributed by atoms with Gasteiger partial charge in [-0.3, -0.25) is 9.48 Å². The van der Waals surface area contributed by atoms with Gasteiger partial charge in [-0.1, -0.05) is 36.4 Å². The van der Waals surface area contributed by atoms with E-state index in [2.05, 4.69) is 5.10 Å². The number of nitrogens with zero attached hydrogens (tertiary/aromatic N) is 3. The van der Waals surface area contributed by atoms with Gasteiger partial charge in [-0.25, -0.2) is 0 Å². The monoisotopic (exact) mass is 381 g/mol. The number of likely N-dealkylation sites (tertiary alicyclic amines) is 1. The molecule has 140 valence electrons. The van der Waals surface area contributed by atoms with Gasteiger partial charge in [-0.05, 0) is 41.8 Å². The van der Waals surface area contributed by atoms with Crippen molar-refractivity contribution in [1.82, 2.24) is 14.7 Å². The van der Waals surface area contributed by atoms with E-state index >= 15 is 0 Å². The highest BCUT2D eigenvalue weighted by Crippen LogP contribution is 2.33. The summed E-state index contributed by atoms with van der Waals surface area (Å²) in [5.41, 5.74) is 2.46. The van der Waals surface area contributed by atoms with Crippen LogP contribution in [0.2, 0.25) is 0 Å². The summed E-state index contributed by atoms with van der Waals surface area (Å²) in [5.74, 6) is 0.174. The molecule has 0 bridgehead atoms. The third-order valence-electron chi connectivity index (χ3n) is 5.28. The minimum atomic E-state index is -0.429. The van der Waals surface area contributed by atoms with Crippen molar-refractivity contribution in [3.63, 3.8) is 0 Å². The summed E-state index contributed by atoms with van der Waals surface area (Å²) in [5, 5.41) is 17.0. The largest absolute Gasteiger partial charge is 0.387 e. The summed E-state index contributed by atoms with van der Waals surface area (Å²) in [6.07, 6.45) is 1.19. The van der Waals surface area contributed by atoms with Gasteiger partial charge in [-0.2, -0.15) is 5.10 Å². The van der Waals surface area contributed by atoms with Crippen LogP contribution in [0.4, 0.5) is 0 Å². The Balaban J connectivity index is 1.43. The normalized spacial score (nSPS) is 16.4. The van der Waals surface area contributed by atoms with E-state index in [-0.39, 0.29) is 11.8 Å². The number of rotatable bonds is 4. The lowest BCUT2D eigenvalue weighted by atomic mass is 9.90. The highest BCUT2D eigenvalue weighted by molar-refractivity contribution is 7.10. The van der Waals surface area contributed by atoms with E-state index in [1.54, 1.807) is 16.0 Å². The van der Waals surface area contributed by atoms with E-state index in [4.69, 9.17) is 0 Å². The average Bonchev–Trinajstić information content (AvgIpc) is 3.38. The molecule has 1 fully saturated rings. The first-order valence-electron chi connectivity index (χ1n) is 9.23. The van der Waals surface area contributed by atoms with Gasteiger partial charge < -0.3 is 10.0 Å². The zero-order chi connectivity index (χ0) is 18.8. The maximum atomic E-state index is 12.9. The van der Waals surface area contributed by atoms with Crippen molar-refractivity contribution < 1.29 is 9.90 Å². The molecule has 1 unspecified atom stereocenters. The van der Waals surface area contributed by atoms with E-state index in [9.17, 15) is 9.90 Å². The number of hydrogen-bond donors (Lipinski definition) is 1. The fourth-order valence-electron chi connectivity index (χ4n) is 3.72. The Hall–Kier alpha value is -2.44. The number of benzene rings is 1. The minimum Gasteiger partial charge on any atom is -0.387 e. The molecule has 1 aliphatic heterocycles. The second-order valence-corrected chi connectivity index (χ2v) is 7.97. The first-order chi connectivity index (χ1) is 13.1. The number of amides is 1. The Morgan fingerprint density at radius 1 is 1.19 bits per heavy atom. The van der Waals surface area contributed by atoms with Gasteiger partial charge >= 0.3 is 0 Å². The Bertz CT molecular complexity index is 897. The molecule has 27 heavy (non-hydrogen) atoms. The van der Waals surface area contributed by atoms with E-state index in [0.717, 1.165) is 29.0 Å². The summed E-state index contributed by atoms with van der Waals surface area (Å²) in [6.45, 7) is 1.31. The van der Waals surface area contributed by atoms with Crippen LogP contribution in [0.3, 0.4) is 0 Å². The van der Waals surface area contributed by atoms with E-state index in [0.29, 0.717) is 18.8 Å². The number of aryl methyl sites for hydroxylation is 1. The molecule has 0 aliphatic carbocycles. The number of carbonyl (C=O) groups is 1. The van der Waals surface area contributed by atoms with Gasteiger partial charge in [0.15, 0.2) is 5.69 Å². The highest BCUT2D eigenvalue weighted by Gasteiger charge is 2.30. The molecule has 1 aliphatic rings. The molecule has 0 radical (unpaired) electrons. The molecular weight excluding hydrogens is 358 g/mol. The quantitative estimate of drug-likeness (QED) is 0.749. The SMILES string of the molecule is Cn1nc(C(=O)N2CCC(C(O)c3cccs3)CC2)cc1-c1ccccc1. The Morgan fingerprint density at radius 3 is 2.59 bits per heavy atom. The lowest BCUT2D eigenvalue weighted by molar-refractivity contribution is 0.0469. The molecular formula is C21H23N3O2S. The molecule has 6 heteroatoms. The lowest BCUT2D eigenvalue weighted by Gasteiger charge is -2.33. The van der Waals surface area contributed by atoms with Gasteiger partial charge in [0.2, 0.25) is 0 Å². The molecule has 1 aromatic carbocycles. The fourth-order valence-corrected chi connectivity index (χ4v) is 4.53. The topological polar surface area (TPSA) is 58.4 Å². The van der Waals surface area contributed by atoms with E-state index < -0.39 is 6.10 Å². The molecule has 4 rings (SSSR count). The molecule has 3 heterocycles. The maximum Gasteiger partial charge on any atom is 0.274 e. The number of aromatic nitrogens is 2. The molecule has 0 saturated carbocycles. The number of piperidine rings is 1. The van der Waals surface area contributed by atoms with Crippen LogP contribution in [0.15, 0.2) is 53.9 Å². The number of aliphatic hydroxyl groups is 1. The summed E-state index contributed by atoms with van der Waals surface area (Å²) in [6, 6.07) is 15.8. The van der Waals surface area contributed by atoms with Crippen LogP contribution in [-0.2, 0) is 7.05 Å². The van der Waals surface area contributed by atoms with Crippen LogP contribution in [0.1, 0.15) is 34.3 Å². The minimum absolute atomic E-state index is 0.0307. The highest BCUT2D eigenvalue weighted by atomic mass is 32.1. The fraction of sp³-hybridized carbons (Fsp3) is 0.333. The standard InChI is InChI=1S/C21H23N3O2S/c1-23-18(15-6-3-2-4-7-15)14-17(22-23)21(26)24-11-9-16(10-12-24)20(25)19-8-5-13-27-19/h2-8,13-14,16,20,25H,9-12H2,1H3. The summed E-state index contributed by atoms with van der Waals surface area (Å²) in [7, 11) is 1.86. The van der Waals surface area contributed by atoms with Crippen LogP contribution in [-0.4, -0.2) is 38.8 Å². The average molecular weight is 382 g/mol. The van der Waals surface area contributed by atoms with Gasteiger partial charge in [0.25, 0.3) is 5.91 Å². The van der Waals surface area contributed by atoms with Crippen molar-refractivity contribution in [2.75, 3.05) is 13.1 Å². The summed E-state index contributed by atoms with van der Waals surface area (Å²) >= 11 is 1.59. The molecule has 1 saturated heterocycles. The van der Waals surface area contributed by atoms with Crippen LogP contribution in [0.25, 0.3) is 11.3 Å². The van der Waals surface area contributed by atoms with Gasteiger partial charge in [-0.15, -0.1) is 11.3 Å². The van der Waals surface area contributed by atoms with Crippen molar-refractivity contribution in [2.24, 2.45) is 13.0 Å². The van der Waals surface area contributed by atoms with Crippen molar-refractivity contribution in [3.05, 3.63) is 64.5 Å². The second kappa shape index (κ2) is 7.66. The third kappa shape index (κ3) is 3.68. The number of carbonyl (C=O) groups excluding carboxylic acids is 1. The molecule has 5 nitrogen and oxygen atoms in total. The Labute approximate surface area is 162 Å². The summed E-state index contributed by atoms with van der Waals surface area (Å²) < 4.78 is 1.76. The number of thiophene rings is 1. The second-order valence-electron chi connectivity index (χ2n) is 6.99. The molecule has 2 aromatic heterocycles. The smallest absolute Gasteiger partial charge is 0.274 e. The van der Waals surface area contributed by atoms with Crippen LogP contribution in [0.5, 0.6) is 0 Å². The number of aliphatic hydroxyl groups excluding tert-OH is 1. The Morgan fingerprint density at radius 2 is 1.93 bits per heavy atom. The maximum absolute atomic E-state index is 12.9. The van der Waals surface area contributed by atoms with Crippen LogP contribution >= 0.6 is 11.3 Å². The lowest BCUT2D eigenvalue weighted by Crippen LogP contribution is -2.39. The molecule has 3 aromatic rings. The van der Waals surface area contributed by atoms with E-state index in [1.807, 2.05) is 65.9 Å². The van der Waals surface area contributed by atoms with Crippen LogP contribution < -0.4 is 0 Å². The molecule has 1 amide bonds. The summed E-state index contributed by atoms with van der Waals surface area (Å²) in [4.78, 5) is 15.8. The molecule has 1 atom stereocenters. The first kappa shape index (κ1) is 17.9. The van der Waals surface area contributed by atoms with Crippen molar-refractivity contribution >= 4 is 17.2 Å². The van der Waals surface area contributed by atoms with Gasteiger partial charge in [0.1, 0.15) is 0 Å². The van der Waals surface area contributed by atoms with Crippen molar-refractivity contribution in [2.45, 2.75) is 18.9 Å². The van der Waals surface area contributed by atoms with Crippen LogP contribution in [0, 0.1) is 5.92 Å². The molecule has 1 N–H and O–H groups in total. The third-order valence-corrected chi connectivity index (χ3v) is 6.22. The Kier molecular flexibility index (Phi) is 5.09. The zero-order valence-electron chi connectivity index (χ0n) is 15.3. The molecule has 0 spiro atoms. The van der Waals surface area contributed by atoms with Gasteiger partial charge in [0, 0.05) is 25.0 Å². The van der Waals surface area contributed by atoms with Gasteiger partial charge in [0.05, 0.1) is 11.8 Å². The zero-order valence-corrected chi connectivity index (χ0v) is 16.1. The predicted octanol–water partition coefficient (Wildman–Crippen LogP) is 3.73. The van der Waals surface area contributed by atoms with Crippen molar-refractivity contribution in [3.8, 4) is 11.3 Å². The predicted molar refractivity (Wildman–Crippen MR) is 107 cm³/mol. The first-order valence-corrected chi connectivity index (χ1v) is 10.1.